The maximum atomic E-state index is 11.3. The minimum absolute atomic E-state index is 0.295. The Bertz CT molecular complexity index is 1080. The summed E-state index contributed by atoms with van der Waals surface area (Å²) in [4.78, 5) is 25.5. The lowest BCUT2D eigenvalue weighted by atomic mass is 10.1. The molecule has 0 aromatic heterocycles. The molecule has 0 radical (unpaired) electrons. The molecule has 1 saturated heterocycles. The normalized spacial score (nSPS) is 17.8. The standard InChI is InChI=1S/C28H40N4O10/c1-21-15-23(27(33)25(17-21)31(35)36)19-29-3-7-39-11-13-41-9-5-30(6-10-42-14-12-40-8-4-29)20-24-16-22(2)18-26(28(24)34)32(37)38/h15-18,33-34H,3-14,19-20H2,1-2H3. The van der Waals surface area contributed by atoms with E-state index in [1.54, 1.807) is 26.0 Å². The van der Waals surface area contributed by atoms with Crippen molar-refractivity contribution in [2.75, 3.05) is 79.0 Å². The zero-order valence-corrected chi connectivity index (χ0v) is 24.2. The average Bonchev–Trinajstić information content (AvgIpc) is 2.93. The fraction of sp³-hybridized carbons (Fsp3) is 0.571. The zero-order valence-electron chi connectivity index (χ0n) is 24.2. The van der Waals surface area contributed by atoms with E-state index in [0.29, 0.717) is 114 Å². The van der Waals surface area contributed by atoms with E-state index in [-0.39, 0.29) is 22.9 Å². The van der Waals surface area contributed by atoms with Gasteiger partial charge >= 0.3 is 11.4 Å². The van der Waals surface area contributed by atoms with Crippen LogP contribution in [0.3, 0.4) is 0 Å². The summed E-state index contributed by atoms with van der Waals surface area (Å²) in [5.41, 5.74) is 1.68. The largest absolute Gasteiger partial charge is 0.502 e. The monoisotopic (exact) mass is 592 g/mol. The highest BCUT2D eigenvalue weighted by Crippen LogP contribution is 2.33. The van der Waals surface area contributed by atoms with Gasteiger partial charge in [-0.1, -0.05) is 12.1 Å². The van der Waals surface area contributed by atoms with E-state index in [2.05, 4.69) is 0 Å². The molecular weight excluding hydrogens is 552 g/mol. The highest BCUT2D eigenvalue weighted by atomic mass is 16.6. The number of nitro benzene ring substituents is 2. The highest BCUT2D eigenvalue weighted by molar-refractivity contribution is 5.53. The number of phenolic OH excluding ortho intramolecular Hbond substituents is 2. The molecule has 1 aliphatic heterocycles. The van der Waals surface area contributed by atoms with Gasteiger partial charge < -0.3 is 29.2 Å². The summed E-state index contributed by atoms with van der Waals surface area (Å²) in [7, 11) is 0. The Labute approximate surface area is 244 Å². The molecule has 2 aromatic rings. The van der Waals surface area contributed by atoms with Crippen molar-refractivity contribution in [3.05, 3.63) is 66.7 Å². The Morgan fingerprint density at radius 2 is 0.929 bits per heavy atom. The number of aromatic hydroxyl groups is 2. The van der Waals surface area contributed by atoms with Crippen molar-refractivity contribution in [2.45, 2.75) is 26.9 Å². The van der Waals surface area contributed by atoms with E-state index in [9.17, 15) is 30.4 Å². The van der Waals surface area contributed by atoms with Gasteiger partial charge in [0.1, 0.15) is 0 Å². The van der Waals surface area contributed by atoms with Gasteiger partial charge in [-0.05, 0) is 25.0 Å². The first-order chi connectivity index (χ1) is 20.2. The predicted octanol–water partition coefficient (Wildman–Crippen LogP) is 2.92. The molecule has 2 aromatic carbocycles. The molecule has 14 nitrogen and oxygen atoms in total. The lowest BCUT2D eigenvalue weighted by Crippen LogP contribution is -2.32. The Morgan fingerprint density at radius 1 is 0.619 bits per heavy atom. The van der Waals surface area contributed by atoms with Crippen LogP contribution in [0.4, 0.5) is 11.4 Å². The van der Waals surface area contributed by atoms with Gasteiger partial charge in [0.15, 0.2) is 11.5 Å². The molecule has 1 aliphatic rings. The molecule has 0 saturated carbocycles. The molecule has 1 fully saturated rings. The van der Waals surface area contributed by atoms with E-state index in [0.717, 1.165) is 0 Å². The van der Waals surface area contributed by atoms with Crippen LogP contribution >= 0.6 is 0 Å². The molecule has 0 spiro atoms. The van der Waals surface area contributed by atoms with Crippen LogP contribution in [-0.2, 0) is 32.0 Å². The van der Waals surface area contributed by atoms with Crippen LogP contribution < -0.4 is 0 Å². The number of nitrogens with zero attached hydrogens (tertiary/aromatic N) is 4. The van der Waals surface area contributed by atoms with Crippen LogP contribution in [0.1, 0.15) is 22.3 Å². The molecule has 14 heteroatoms. The van der Waals surface area contributed by atoms with Crippen molar-refractivity contribution in [3.8, 4) is 11.5 Å². The van der Waals surface area contributed by atoms with Gasteiger partial charge in [-0.25, -0.2) is 0 Å². The summed E-state index contributed by atoms with van der Waals surface area (Å²) >= 11 is 0. The maximum absolute atomic E-state index is 11.3. The quantitative estimate of drug-likeness (QED) is 0.372. The number of phenols is 2. The number of aryl methyl sites for hydroxylation is 2. The second-order valence-corrected chi connectivity index (χ2v) is 10.1. The van der Waals surface area contributed by atoms with E-state index >= 15 is 0 Å². The van der Waals surface area contributed by atoms with Gasteiger partial charge in [-0.3, -0.25) is 30.0 Å². The molecule has 42 heavy (non-hydrogen) atoms. The average molecular weight is 593 g/mol. The van der Waals surface area contributed by atoms with Gasteiger partial charge in [0, 0.05) is 62.5 Å². The summed E-state index contributed by atoms with van der Waals surface area (Å²) in [6.45, 7) is 9.14. The van der Waals surface area contributed by atoms with Gasteiger partial charge in [0.25, 0.3) is 0 Å². The van der Waals surface area contributed by atoms with Crippen LogP contribution in [0.15, 0.2) is 24.3 Å². The first-order valence-electron chi connectivity index (χ1n) is 13.8. The van der Waals surface area contributed by atoms with Crippen molar-refractivity contribution in [3.63, 3.8) is 0 Å². The predicted molar refractivity (Wildman–Crippen MR) is 153 cm³/mol. The Hall–Kier alpha value is -3.40. The van der Waals surface area contributed by atoms with Gasteiger partial charge in [-0.15, -0.1) is 0 Å². The maximum Gasteiger partial charge on any atom is 0.311 e. The molecule has 1 heterocycles. The van der Waals surface area contributed by atoms with Crippen LogP contribution in [0.2, 0.25) is 0 Å². The molecule has 0 atom stereocenters. The minimum Gasteiger partial charge on any atom is -0.502 e. The molecule has 2 N–H and O–H groups in total. The summed E-state index contributed by atoms with van der Waals surface area (Å²) in [5.74, 6) is -0.669. The Balaban J connectivity index is 1.56. The van der Waals surface area contributed by atoms with E-state index in [1.807, 2.05) is 9.80 Å². The van der Waals surface area contributed by atoms with Crippen LogP contribution in [0.5, 0.6) is 11.5 Å². The molecule has 0 unspecified atom stereocenters. The smallest absolute Gasteiger partial charge is 0.311 e. The SMILES string of the molecule is Cc1cc(CN2CCOCCOCCN(Cc3cc(C)cc([N+](=O)[O-])c3O)CCOCCOCC2)c(O)c([N+](=O)[O-])c1. The van der Waals surface area contributed by atoms with E-state index in [4.69, 9.17) is 18.9 Å². The summed E-state index contributed by atoms with van der Waals surface area (Å²) < 4.78 is 23.0. The summed E-state index contributed by atoms with van der Waals surface area (Å²) in [6.07, 6.45) is 0. The number of nitro groups is 2. The first kappa shape index (κ1) is 33.1. The molecule has 0 aliphatic carbocycles. The van der Waals surface area contributed by atoms with Gasteiger partial charge in [0.2, 0.25) is 0 Å². The second kappa shape index (κ2) is 16.9. The van der Waals surface area contributed by atoms with E-state index < -0.39 is 9.85 Å². The van der Waals surface area contributed by atoms with Crippen molar-refractivity contribution >= 4 is 11.4 Å². The summed E-state index contributed by atoms with van der Waals surface area (Å²) in [6, 6.07) is 6.17. The number of benzene rings is 2. The molecule has 0 bridgehead atoms. The van der Waals surface area contributed by atoms with Crippen molar-refractivity contribution in [2.24, 2.45) is 0 Å². The van der Waals surface area contributed by atoms with E-state index in [1.165, 1.54) is 12.1 Å². The summed E-state index contributed by atoms with van der Waals surface area (Å²) in [5, 5.41) is 43.6. The van der Waals surface area contributed by atoms with Crippen molar-refractivity contribution in [1.29, 1.82) is 0 Å². The number of rotatable bonds is 6. The van der Waals surface area contributed by atoms with Crippen LogP contribution in [0, 0.1) is 34.1 Å². The minimum atomic E-state index is -0.588. The highest BCUT2D eigenvalue weighted by Gasteiger charge is 2.21. The van der Waals surface area contributed by atoms with Crippen molar-refractivity contribution < 1.29 is 39.0 Å². The number of ether oxygens (including phenoxy) is 4. The topological polar surface area (TPSA) is 170 Å². The Kier molecular flexibility index (Phi) is 13.3. The molecule has 232 valence electrons. The number of hydrogen-bond donors (Lipinski definition) is 2. The number of hydrogen-bond acceptors (Lipinski definition) is 12. The fourth-order valence-electron chi connectivity index (χ4n) is 4.63. The Morgan fingerprint density at radius 3 is 1.21 bits per heavy atom. The third kappa shape index (κ3) is 10.5. The van der Waals surface area contributed by atoms with Crippen LogP contribution in [0.25, 0.3) is 0 Å². The third-order valence-corrected chi connectivity index (χ3v) is 6.76. The molecule has 0 amide bonds. The van der Waals surface area contributed by atoms with Crippen LogP contribution in [-0.4, -0.2) is 109 Å². The second-order valence-electron chi connectivity index (χ2n) is 10.1. The molecule has 3 rings (SSSR count). The lowest BCUT2D eigenvalue weighted by molar-refractivity contribution is -0.386. The van der Waals surface area contributed by atoms with Gasteiger partial charge in [0.05, 0.1) is 62.7 Å². The lowest BCUT2D eigenvalue weighted by Gasteiger charge is -2.24. The zero-order chi connectivity index (χ0) is 30.5. The van der Waals surface area contributed by atoms with Gasteiger partial charge in [-0.2, -0.15) is 0 Å². The van der Waals surface area contributed by atoms with Crippen molar-refractivity contribution in [1.82, 2.24) is 9.80 Å². The molecular formula is C28H40N4O10. The third-order valence-electron chi connectivity index (χ3n) is 6.76. The first-order valence-corrected chi connectivity index (χ1v) is 13.8. The fourth-order valence-corrected chi connectivity index (χ4v) is 4.63.